The highest BCUT2D eigenvalue weighted by atomic mass is 15.1. The van der Waals surface area contributed by atoms with E-state index < -0.39 is 0 Å². The van der Waals surface area contributed by atoms with Crippen LogP contribution in [0.1, 0.15) is 52.4 Å². The fourth-order valence-corrected chi connectivity index (χ4v) is 2.94. The Morgan fingerprint density at radius 1 is 1.32 bits per heavy atom. The van der Waals surface area contributed by atoms with Crippen LogP contribution in [0.3, 0.4) is 0 Å². The quantitative estimate of drug-likeness (QED) is 0.767. The molecule has 2 aliphatic rings. The van der Waals surface area contributed by atoms with Gasteiger partial charge in [0.2, 0.25) is 0 Å². The molecule has 1 saturated heterocycles. The minimum absolute atomic E-state index is 0.150. The van der Waals surface area contributed by atoms with Crippen LogP contribution in [0, 0.1) is 22.7 Å². The van der Waals surface area contributed by atoms with E-state index >= 15 is 0 Å². The fraction of sp³-hybridized carbons (Fsp3) is 0.938. The van der Waals surface area contributed by atoms with Crippen LogP contribution < -0.4 is 5.32 Å². The largest absolute Gasteiger partial charge is 0.314 e. The molecule has 0 aromatic heterocycles. The summed E-state index contributed by atoms with van der Waals surface area (Å²) in [5.74, 6) is 0.846. The van der Waals surface area contributed by atoms with Crippen molar-refractivity contribution in [1.82, 2.24) is 10.2 Å². The lowest BCUT2D eigenvalue weighted by Crippen LogP contribution is -2.40. The lowest BCUT2D eigenvalue weighted by atomic mass is 9.89. The van der Waals surface area contributed by atoms with Crippen molar-refractivity contribution >= 4 is 0 Å². The van der Waals surface area contributed by atoms with Crippen molar-refractivity contribution in [3.63, 3.8) is 0 Å². The monoisotopic (exact) mass is 263 g/mol. The van der Waals surface area contributed by atoms with E-state index in [1.54, 1.807) is 0 Å². The van der Waals surface area contributed by atoms with Crippen LogP contribution in [-0.2, 0) is 0 Å². The molecule has 2 rings (SSSR count). The standard InChI is InChI=1S/C16H29N3/c1-16(2,13-17)8-4-10-19-9-3-5-14(12-19)11-18-15-6-7-15/h14-15,18H,3-12H2,1-2H3. The van der Waals surface area contributed by atoms with Crippen molar-refractivity contribution < 1.29 is 0 Å². The number of nitrogens with zero attached hydrogens (tertiary/aromatic N) is 2. The van der Waals surface area contributed by atoms with E-state index in [1.165, 1.54) is 51.9 Å². The van der Waals surface area contributed by atoms with Crippen molar-refractivity contribution in [3.8, 4) is 6.07 Å². The third-order valence-electron chi connectivity index (χ3n) is 4.45. The van der Waals surface area contributed by atoms with Crippen molar-refractivity contribution in [1.29, 1.82) is 5.26 Å². The third-order valence-corrected chi connectivity index (χ3v) is 4.45. The highest BCUT2D eigenvalue weighted by Gasteiger charge is 2.25. The molecule has 3 nitrogen and oxygen atoms in total. The summed E-state index contributed by atoms with van der Waals surface area (Å²) in [6.07, 6.45) is 7.69. The molecule has 1 heterocycles. The van der Waals surface area contributed by atoms with E-state index in [0.717, 1.165) is 24.8 Å². The Bertz CT molecular complexity index is 314. The SMILES string of the molecule is CC(C)(C#N)CCCN1CCCC(CNC2CC2)C1. The number of hydrogen-bond donors (Lipinski definition) is 1. The highest BCUT2D eigenvalue weighted by Crippen LogP contribution is 2.23. The van der Waals surface area contributed by atoms with Crippen LogP contribution in [0.5, 0.6) is 0 Å². The zero-order valence-electron chi connectivity index (χ0n) is 12.6. The maximum absolute atomic E-state index is 9.03. The normalized spacial score (nSPS) is 25.2. The summed E-state index contributed by atoms with van der Waals surface area (Å²) in [6, 6.07) is 3.24. The van der Waals surface area contributed by atoms with E-state index in [-0.39, 0.29) is 5.41 Å². The molecule has 19 heavy (non-hydrogen) atoms. The molecule has 108 valence electrons. The molecule has 1 aliphatic heterocycles. The van der Waals surface area contributed by atoms with Crippen molar-refractivity contribution in [2.75, 3.05) is 26.2 Å². The number of nitriles is 1. The van der Waals surface area contributed by atoms with E-state index in [2.05, 4.69) is 16.3 Å². The molecule has 1 aliphatic carbocycles. The van der Waals surface area contributed by atoms with Gasteiger partial charge in [-0.25, -0.2) is 0 Å². The second-order valence-corrected chi connectivity index (χ2v) is 7.09. The number of hydrogen-bond acceptors (Lipinski definition) is 3. The molecule has 0 bridgehead atoms. The van der Waals surface area contributed by atoms with Gasteiger partial charge in [0, 0.05) is 12.6 Å². The number of rotatable bonds is 7. The molecule has 0 amide bonds. The Morgan fingerprint density at radius 2 is 2.11 bits per heavy atom. The fourth-order valence-electron chi connectivity index (χ4n) is 2.94. The van der Waals surface area contributed by atoms with Crippen molar-refractivity contribution in [3.05, 3.63) is 0 Å². The van der Waals surface area contributed by atoms with Crippen LogP contribution in [0.4, 0.5) is 0 Å². The molecule has 3 heteroatoms. The summed E-state index contributed by atoms with van der Waals surface area (Å²) in [4.78, 5) is 2.61. The highest BCUT2D eigenvalue weighted by molar-refractivity contribution is 4.91. The zero-order chi connectivity index (χ0) is 13.7. The summed E-state index contributed by atoms with van der Waals surface area (Å²) in [5, 5.41) is 12.7. The van der Waals surface area contributed by atoms with Gasteiger partial charge >= 0.3 is 0 Å². The first-order valence-electron chi connectivity index (χ1n) is 7.96. The predicted molar refractivity (Wildman–Crippen MR) is 78.8 cm³/mol. The second kappa shape index (κ2) is 6.72. The maximum Gasteiger partial charge on any atom is 0.0683 e. The van der Waals surface area contributed by atoms with Gasteiger partial charge in [-0.1, -0.05) is 0 Å². The summed E-state index contributed by atoms with van der Waals surface area (Å²) in [5.41, 5.74) is -0.150. The van der Waals surface area contributed by atoms with Crippen LogP contribution in [0.2, 0.25) is 0 Å². The molecule has 1 atom stereocenters. The Kier molecular flexibility index (Phi) is 5.24. The summed E-state index contributed by atoms with van der Waals surface area (Å²) < 4.78 is 0. The minimum Gasteiger partial charge on any atom is -0.314 e. The van der Waals surface area contributed by atoms with Crippen LogP contribution in [-0.4, -0.2) is 37.1 Å². The topological polar surface area (TPSA) is 39.1 Å². The van der Waals surface area contributed by atoms with Crippen LogP contribution in [0.15, 0.2) is 0 Å². The van der Waals surface area contributed by atoms with Gasteiger partial charge in [-0.3, -0.25) is 0 Å². The molecular formula is C16H29N3. The molecular weight excluding hydrogens is 234 g/mol. The van der Waals surface area contributed by atoms with Gasteiger partial charge in [-0.15, -0.1) is 0 Å². The first kappa shape index (κ1) is 14.8. The Hall–Kier alpha value is -0.590. The van der Waals surface area contributed by atoms with E-state index in [4.69, 9.17) is 5.26 Å². The third kappa shape index (κ3) is 5.50. The van der Waals surface area contributed by atoms with Gasteiger partial charge in [0.1, 0.15) is 0 Å². The van der Waals surface area contributed by atoms with E-state index in [0.29, 0.717) is 0 Å². The second-order valence-electron chi connectivity index (χ2n) is 7.09. The molecule has 0 aromatic rings. The van der Waals surface area contributed by atoms with Crippen molar-refractivity contribution in [2.24, 2.45) is 11.3 Å². The van der Waals surface area contributed by atoms with Gasteiger partial charge in [0.15, 0.2) is 0 Å². The van der Waals surface area contributed by atoms with E-state index in [9.17, 15) is 0 Å². The number of nitrogens with one attached hydrogen (secondary N) is 1. The van der Waals surface area contributed by atoms with Crippen molar-refractivity contribution in [2.45, 2.75) is 58.4 Å². The molecule has 1 saturated carbocycles. The lowest BCUT2D eigenvalue weighted by molar-refractivity contribution is 0.165. The molecule has 2 fully saturated rings. The van der Waals surface area contributed by atoms with Gasteiger partial charge in [0.05, 0.1) is 11.5 Å². The average Bonchev–Trinajstić information content (AvgIpc) is 3.21. The molecule has 0 spiro atoms. The molecule has 0 aromatic carbocycles. The van der Waals surface area contributed by atoms with Crippen LogP contribution >= 0.6 is 0 Å². The minimum atomic E-state index is -0.150. The predicted octanol–water partition coefficient (Wildman–Crippen LogP) is 2.78. The first-order chi connectivity index (χ1) is 9.09. The summed E-state index contributed by atoms with van der Waals surface area (Å²) in [7, 11) is 0. The lowest BCUT2D eigenvalue weighted by Gasteiger charge is -2.33. The summed E-state index contributed by atoms with van der Waals surface area (Å²) in [6.45, 7) is 8.99. The van der Waals surface area contributed by atoms with E-state index in [1.807, 2.05) is 13.8 Å². The first-order valence-corrected chi connectivity index (χ1v) is 7.96. The number of likely N-dealkylation sites (tertiary alicyclic amines) is 1. The van der Waals surface area contributed by atoms with Crippen LogP contribution in [0.25, 0.3) is 0 Å². The Balaban J connectivity index is 1.61. The molecule has 0 radical (unpaired) electrons. The maximum atomic E-state index is 9.03. The van der Waals surface area contributed by atoms with Gasteiger partial charge in [-0.2, -0.15) is 5.26 Å². The van der Waals surface area contributed by atoms with Gasteiger partial charge in [0.25, 0.3) is 0 Å². The Labute approximate surface area is 118 Å². The number of piperidine rings is 1. The average molecular weight is 263 g/mol. The molecule has 1 unspecified atom stereocenters. The Morgan fingerprint density at radius 3 is 2.79 bits per heavy atom. The van der Waals surface area contributed by atoms with Gasteiger partial charge in [-0.05, 0) is 77.9 Å². The van der Waals surface area contributed by atoms with Gasteiger partial charge < -0.3 is 10.2 Å². The summed E-state index contributed by atoms with van der Waals surface area (Å²) >= 11 is 0. The zero-order valence-corrected chi connectivity index (χ0v) is 12.6. The molecule has 1 N–H and O–H groups in total. The smallest absolute Gasteiger partial charge is 0.0683 e.